The van der Waals surface area contributed by atoms with Crippen molar-refractivity contribution in [2.75, 3.05) is 25.7 Å². The molecular weight excluding hydrogens is 346 g/mol. The van der Waals surface area contributed by atoms with Crippen molar-refractivity contribution in [3.05, 3.63) is 10.4 Å². The molecule has 0 unspecified atom stereocenters. The van der Waals surface area contributed by atoms with Crippen molar-refractivity contribution < 1.29 is 14.2 Å². The number of methoxy groups -OCH3 is 2. The van der Waals surface area contributed by atoms with Crippen molar-refractivity contribution in [1.29, 1.82) is 0 Å². The highest BCUT2D eigenvalue weighted by molar-refractivity contribution is 7.99. The van der Waals surface area contributed by atoms with Gasteiger partial charge in [0.15, 0.2) is 11.4 Å². The molecule has 1 aliphatic heterocycles. The molecule has 0 aliphatic carbocycles. The molecule has 0 fully saturated rings. The average Bonchev–Trinajstić information content (AvgIpc) is 2.93. The first kappa shape index (κ1) is 17.9. The zero-order valence-corrected chi connectivity index (χ0v) is 16.1. The molecule has 8 heteroatoms. The second-order valence-corrected chi connectivity index (χ2v) is 8.13. The first-order chi connectivity index (χ1) is 11.5. The number of thiophene rings is 1. The van der Waals surface area contributed by atoms with Crippen molar-refractivity contribution in [3.8, 4) is 0 Å². The quantitative estimate of drug-likeness (QED) is 0.476. The highest BCUT2D eigenvalue weighted by atomic mass is 32.2. The molecule has 0 aromatic carbocycles. The summed E-state index contributed by atoms with van der Waals surface area (Å²) in [7, 11) is 3.23. The Morgan fingerprint density at radius 2 is 2.12 bits per heavy atom. The third kappa shape index (κ3) is 3.39. The van der Waals surface area contributed by atoms with Crippen LogP contribution < -0.4 is 5.73 Å². The second-order valence-electron chi connectivity index (χ2n) is 6.06. The molecule has 2 N–H and O–H groups in total. The first-order valence-electron chi connectivity index (χ1n) is 7.89. The van der Waals surface area contributed by atoms with Crippen molar-refractivity contribution in [2.45, 2.75) is 50.3 Å². The summed E-state index contributed by atoms with van der Waals surface area (Å²) < 4.78 is 16.4. The molecule has 3 heterocycles. The highest BCUT2D eigenvalue weighted by Gasteiger charge is 2.33. The van der Waals surface area contributed by atoms with Crippen LogP contribution in [0.1, 0.15) is 30.7 Å². The summed E-state index contributed by atoms with van der Waals surface area (Å²) in [6.07, 6.45) is 1.54. The van der Waals surface area contributed by atoms with Crippen LogP contribution in [0.4, 0.5) is 5.82 Å². The van der Waals surface area contributed by atoms with Gasteiger partial charge in [-0.25, -0.2) is 9.97 Å². The summed E-state index contributed by atoms with van der Waals surface area (Å²) >= 11 is 3.13. The van der Waals surface area contributed by atoms with Crippen LogP contribution in [-0.2, 0) is 27.2 Å². The standard InChI is InChI=1S/C16H23N3O3S2/c1-5-16(2)6-9-10(7-22-16)24-14-12(9)13(17)18-15(19-14)23-8-11(20-3)21-4/h11H,5-8H2,1-4H3,(H2,17,18,19)/t16-/m1/s1. The lowest BCUT2D eigenvalue weighted by Crippen LogP contribution is -2.33. The number of anilines is 1. The van der Waals surface area contributed by atoms with Gasteiger partial charge in [-0.05, 0) is 18.9 Å². The summed E-state index contributed by atoms with van der Waals surface area (Å²) in [5.41, 5.74) is 7.39. The number of nitrogen functional groups attached to an aromatic ring is 1. The SMILES string of the molecule is CC[C@]1(C)Cc2c(sc3nc(SCC(OC)OC)nc(N)c23)CO1. The largest absolute Gasteiger partial charge is 0.383 e. The van der Waals surface area contributed by atoms with E-state index in [2.05, 4.69) is 23.8 Å². The van der Waals surface area contributed by atoms with Crippen LogP contribution in [0.2, 0.25) is 0 Å². The van der Waals surface area contributed by atoms with Gasteiger partial charge in [0, 0.05) is 25.5 Å². The average molecular weight is 370 g/mol. The zero-order valence-electron chi connectivity index (χ0n) is 14.4. The fraction of sp³-hybridized carbons (Fsp3) is 0.625. The van der Waals surface area contributed by atoms with Crippen molar-refractivity contribution >= 4 is 39.1 Å². The molecule has 1 atom stereocenters. The number of fused-ring (bicyclic) bond motifs is 3. The van der Waals surface area contributed by atoms with Crippen LogP contribution in [0.15, 0.2) is 5.16 Å². The molecule has 24 heavy (non-hydrogen) atoms. The van der Waals surface area contributed by atoms with E-state index >= 15 is 0 Å². The molecule has 1 aliphatic rings. The van der Waals surface area contributed by atoms with E-state index in [0.717, 1.165) is 23.1 Å². The van der Waals surface area contributed by atoms with E-state index in [-0.39, 0.29) is 11.9 Å². The number of ether oxygens (including phenoxy) is 3. The predicted molar refractivity (Wildman–Crippen MR) is 97.5 cm³/mol. The minimum absolute atomic E-state index is 0.134. The van der Waals surface area contributed by atoms with Crippen LogP contribution >= 0.6 is 23.1 Å². The lowest BCUT2D eigenvalue weighted by Gasteiger charge is -2.33. The topological polar surface area (TPSA) is 79.5 Å². The van der Waals surface area contributed by atoms with Crippen LogP contribution in [0.5, 0.6) is 0 Å². The van der Waals surface area contributed by atoms with E-state index in [1.807, 2.05) is 0 Å². The third-order valence-electron chi connectivity index (χ3n) is 4.47. The summed E-state index contributed by atoms with van der Waals surface area (Å²) in [6, 6.07) is 0. The van der Waals surface area contributed by atoms with Crippen LogP contribution in [0.3, 0.4) is 0 Å². The number of hydrogen-bond acceptors (Lipinski definition) is 8. The summed E-state index contributed by atoms with van der Waals surface area (Å²) in [6.45, 7) is 4.92. The smallest absolute Gasteiger partial charge is 0.191 e. The molecule has 0 saturated heterocycles. The van der Waals surface area contributed by atoms with Gasteiger partial charge in [0.2, 0.25) is 0 Å². The molecule has 2 aromatic heterocycles. The number of hydrogen-bond donors (Lipinski definition) is 1. The van der Waals surface area contributed by atoms with Crippen LogP contribution in [0, 0.1) is 0 Å². The molecule has 132 valence electrons. The molecule has 2 aromatic rings. The van der Waals surface area contributed by atoms with E-state index in [9.17, 15) is 0 Å². The van der Waals surface area contributed by atoms with Crippen LogP contribution in [-0.4, -0.2) is 41.8 Å². The molecular formula is C16H23N3O3S2. The lowest BCUT2D eigenvalue weighted by atomic mass is 9.90. The molecule has 0 spiro atoms. The number of nitrogens with two attached hydrogens (primary N) is 1. The molecule has 0 amide bonds. The minimum atomic E-state index is -0.286. The fourth-order valence-electron chi connectivity index (χ4n) is 2.75. The Morgan fingerprint density at radius 1 is 1.38 bits per heavy atom. The summed E-state index contributed by atoms with van der Waals surface area (Å²) in [5.74, 6) is 1.16. The molecule has 0 radical (unpaired) electrons. The number of thioether (sulfide) groups is 1. The number of rotatable bonds is 6. The van der Waals surface area contributed by atoms with Gasteiger partial charge in [-0.3, -0.25) is 0 Å². The van der Waals surface area contributed by atoms with Crippen molar-refractivity contribution in [3.63, 3.8) is 0 Å². The normalized spacial score (nSPS) is 20.7. The zero-order chi connectivity index (χ0) is 17.3. The van der Waals surface area contributed by atoms with E-state index in [1.165, 1.54) is 22.2 Å². The minimum Gasteiger partial charge on any atom is -0.383 e. The van der Waals surface area contributed by atoms with Crippen molar-refractivity contribution in [1.82, 2.24) is 9.97 Å². The summed E-state index contributed by atoms with van der Waals surface area (Å²) in [5, 5.41) is 1.65. The van der Waals surface area contributed by atoms with E-state index in [4.69, 9.17) is 19.9 Å². The maximum atomic E-state index is 6.27. The van der Waals surface area contributed by atoms with Gasteiger partial charge in [0.25, 0.3) is 0 Å². The molecule has 6 nitrogen and oxygen atoms in total. The Bertz CT molecular complexity index is 733. The summed E-state index contributed by atoms with van der Waals surface area (Å²) in [4.78, 5) is 11.3. The molecule has 0 saturated carbocycles. The Hall–Kier alpha value is -0.930. The van der Waals surface area contributed by atoms with E-state index < -0.39 is 0 Å². The van der Waals surface area contributed by atoms with Crippen molar-refractivity contribution in [2.24, 2.45) is 0 Å². The van der Waals surface area contributed by atoms with Gasteiger partial charge in [0.05, 0.1) is 23.3 Å². The van der Waals surface area contributed by atoms with E-state index in [0.29, 0.717) is 23.3 Å². The van der Waals surface area contributed by atoms with Gasteiger partial charge in [-0.2, -0.15) is 0 Å². The maximum Gasteiger partial charge on any atom is 0.191 e. The fourth-order valence-corrected chi connectivity index (χ4v) is 4.79. The molecule has 0 bridgehead atoms. The third-order valence-corrected chi connectivity index (χ3v) is 6.45. The van der Waals surface area contributed by atoms with Gasteiger partial charge in [0.1, 0.15) is 10.6 Å². The Balaban J connectivity index is 1.91. The van der Waals surface area contributed by atoms with Gasteiger partial charge in [-0.1, -0.05) is 18.7 Å². The second kappa shape index (κ2) is 7.13. The first-order valence-corrected chi connectivity index (χ1v) is 9.70. The highest BCUT2D eigenvalue weighted by Crippen LogP contribution is 2.41. The molecule has 3 rings (SSSR count). The van der Waals surface area contributed by atoms with E-state index in [1.54, 1.807) is 25.6 Å². The van der Waals surface area contributed by atoms with Gasteiger partial charge in [-0.15, -0.1) is 11.3 Å². The number of aromatic nitrogens is 2. The maximum absolute atomic E-state index is 6.27. The Labute approximate surface area is 150 Å². The van der Waals surface area contributed by atoms with Gasteiger partial charge < -0.3 is 19.9 Å². The predicted octanol–water partition coefficient (Wildman–Crippen LogP) is 3.23. The Morgan fingerprint density at radius 3 is 2.79 bits per heavy atom. The number of nitrogens with zero attached hydrogens (tertiary/aromatic N) is 2. The van der Waals surface area contributed by atoms with Gasteiger partial charge >= 0.3 is 0 Å². The monoisotopic (exact) mass is 369 g/mol. The van der Waals surface area contributed by atoms with Crippen LogP contribution in [0.25, 0.3) is 10.2 Å². The lowest BCUT2D eigenvalue weighted by molar-refractivity contribution is -0.0842. The Kier molecular flexibility index (Phi) is 5.31.